The molecule has 0 saturated carbocycles. The zero-order valence-electron chi connectivity index (χ0n) is 9.56. The number of rotatable bonds is 5. The van der Waals surface area contributed by atoms with Gasteiger partial charge in [0.05, 0.1) is 12.1 Å². The lowest BCUT2D eigenvalue weighted by Gasteiger charge is -2.17. The second-order valence-corrected chi connectivity index (χ2v) is 4.55. The molecule has 0 fully saturated rings. The van der Waals surface area contributed by atoms with E-state index >= 15 is 0 Å². The molecule has 1 heterocycles. The van der Waals surface area contributed by atoms with Crippen molar-refractivity contribution >= 4 is 17.2 Å². The van der Waals surface area contributed by atoms with Gasteiger partial charge in [-0.05, 0) is 24.3 Å². The van der Waals surface area contributed by atoms with Gasteiger partial charge in [-0.2, -0.15) is 5.26 Å². The van der Waals surface area contributed by atoms with Crippen LogP contribution in [0.3, 0.4) is 0 Å². The molecule has 16 heavy (non-hydrogen) atoms. The summed E-state index contributed by atoms with van der Waals surface area (Å²) in [5.41, 5.74) is 0. The Morgan fingerprint density at radius 2 is 2.31 bits per heavy atom. The van der Waals surface area contributed by atoms with Crippen LogP contribution in [0, 0.1) is 17.2 Å². The highest BCUT2D eigenvalue weighted by Crippen LogP contribution is 2.22. The minimum atomic E-state index is -0.533. The molecule has 0 radical (unpaired) electrons. The Bertz CT molecular complexity index is 367. The molecule has 0 aliphatic heterocycles. The Morgan fingerprint density at radius 3 is 2.75 bits per heavy atom. The Hall–Kier alpha value is -1.34. The summed E-state index contributed by atoms with van der Waals surface area (Å²) in [6.07, 6.45) is 1.40. The fourth-order valence-corrected chi connectivity index (χ4v) is 2.33. The molecule has 0 aliphatic carbocycles. The molecule has 1 rings (SSSR count). The summed E-state index contributed by atoms with van der Waals surface area (Å²) in [4.78, 5) is 12.9. The molecule has 0 spiro atoms. The van der Waals surface area contributed by atoms with E-state index in [1.54, 1.807) is 11.3 Å². The van der Waals surface area contributed by atoms with E-state index in [-0.39, 0.29) is 11.9 Å². The topological polar surface area (TPSA) is 52.9 Å². The summed E-state index contributed by atoms with van der Waals surface area (Å²) in [6.45, 7) is 3.87. The number of carbonyl (C=O) groups is 1. The highest BCUT2D eigenvalue weighted by atomic mass is 32.1. The van der Waals surface area contributed by atoms with E-state index in [0.29, 0.717) is 6.42 Å². The number of hydrogen-bond acceptors (Lipinski definition) is 3. The lowest BCUT2D eigenvalue weighted by molar-refractivity contribution is -0.124. The molecule has 0 aromatic carbocycles. The van der Waals surface area contributed by atoms with Crippen LogP contribution in [-0.2, 0) is 4.79 Å². The van der Waals surface area contributed by atoms with Crippen LogP contribution >= 0.6 is 11.3 Å². The van der Waals surface area contributed by atoms with Crippen molar-refractivity contribution in [1.29, 1.82) is 5.26 Å². The van der Waals surface area contributed by atoms with Gasteiger partial charge in [0.2, 0.25) is 5.91 Å². The number of carbonyl (C=O) groups excluding carboxylic acids is 1. The van der Waals surface area contributed by atoms with Gasteiger partial charge in [0, 0.05) is 4.88 Å². The first-order valence-electron chi connectivity index (χ1n) is 5.46. The number of thiophene rings is 1. The number of amides is 1. The largest absolute Gasteiger partial charge is 0.347 e. The quantitative estimate of drug-likeness (QED) is 0.854. The van der Waals surface area contributed by atoms with Gasteiger partial charge in [0.15, 0.2) is 0 Å². The second-order valence-electron chi connectivity index (χ2n) is 3.57. The van der Waals surface area contributed by atoms with Crippen LogP contribution in [0.2, 0.25) is 0 Å². The number of nitriles is 1. The van der Waals surface area contributed by atoms with Crippen molar-refractivity contribution in [1.82, 2.24) is 5.32 Å². The van der Waals surface area contributed by atoms with E-state index in [1.165, 1.54) is 0 Å². The van der Waals surface area contributed by atoms with Gasteiger partial charge in [-0.15, -0.1) is 11.3 Å². The van der Waals surface area contributed by atoms with Gasteiger partial charge >= 0.3 is 0 Å². The summed E-state index contributed by atoms with van der Waals surface area (Å²) in [5, 5.41) is 13.7. The van der Waals surface area contributed by atoms with E-state index in [1.807, 2.05) is 37.4 Å². The molecule has 2 atom stereocenters. The molecule has 86 valence electrons. The Balaban J connectivity index is 2.65. The van der Waals surface area contributed by atoms with Crippen molar-refractivity contribution in [2.45, 2.75) is 32.7 Å². The maximum Gasteiger partial charge on any atom is 0.237 e. The van der Waals surface area contributed by atoms with Crippen molar-refractivity contribution in [2.24, 2.45) is 5.92 Å². The lowest BCUT2D eigenvalue weighted by Crippen LogP contribution is -2.32. The summed E-state index contributed by atoms with van der Waals surface area (Å²) in [7, 11) is 0. The molecule has 1 aromatic rings. The lowest BCUT2D eigenvalue weighted by atomic mass is 10.1. The summed E-state index contributed by atoms with van der Waals surface area (Å²) in [6, 6.07) is 6.03. The monoisotopic (exact) mass is 236 g/mol. The summed E-state index contributed by atoms with van der Waals surface area (Å²) in [5.74, 6) is -0.695. The van der Waals surface area contributed by atoms with Crippen LogP contribution in [0.5, 0.6) is 0 Å². The van der Waals surface area contributed by atoms with Crippen LogP contribution in [0.25, 0.3) is 0 Å². The highest BCUT2D eigenvalue weighted by molar-refractivity contribution is 7.10. The van der Waals surface area contributed by atoms with Gasteiger partial charge < -0.3 is 5.32 Å². The first kappa shape index (κ1) is 12.7. The molecule has 4 heteroatoms. The van der Waals surface area contributed by atoms with Gasteiger partial charge in [-0.3, -0.25) is 4.79 Å². The van der Waals surface area contributed by atoms with Crippen LogP contribution in [0.1, 0.15) is 37.6 Å². The third-order valence-electron chi connectivity index (χ3n) is 2.49. The van der Waals surface area contributed by atoms with Crippen LogP contribution in [-0.4, -0.2) is 5.91 Å². The first-order chi connectivity index (χ1) is 7.72. The third-order valence-corrected chi connectivity index (χ3v) is 3.48. The van der Waals surface area contributed by atoms with Crippen molar-refractivity contribution in [3.8, 4) is 6.07 Å². The summed E-state index contributed by atoms with van der Waals surface area (Å²) < 4.78 is 0. The van der Waals surface area contributed by atoms with Crippen LogP contribution in [0.15, 0.2) is 17.5 Å². The van der Waals surface area contributed by atoms with Crippen molar-refractivity contribution < 1.29 is 4.79 Å². The molecular formula is C12H16N2OS. The Morgan fingerprint density at radius 1 is 1.56 bits per heavy atom. The van der Waals surface area contributed by atoms with Crippen molar-refractivity contribution in [3.05, 3.63) is 22.4 Å². The van der Waals surface area contributed by atoms with Crippen molar-refractivity contribution in [3.63, 3.8) is 0 Å². The molecule has 3 nitrogen and oxygen atoms in total. The molecule has 1 N–H and O–H groups in total. The minimum Gasteiger partial charge on any atom is -0.347 e. The maximum absolute atomic E-state index is 11.7. The number of hydrogen-bond donors (Lipinski definition) is 1. The standard InChI is InChI=1S/C12H16N2OS/c1-3-9(8-13)12(15)14-10(4-2)11-6-5-7-16-11/h5-7,9-10H,3-4H2,1-2H3,(H,14,15). The molecule has 1 aromatic heterocycles. The van der Waals surface area contributed by atoms with Crippen LogP contribution in [0.4, 0.5) is 0 Å². The molecule has 2 unspecified atom stereocenters. The van der Waals surface area contributed by atoms with E-state index in [9.17, 15) is 4.79 Å². The van der Waals surface area contributed by atoms with Gasteiger partial charge in [-0.25, -0.2) is 0 Å². The zero-order chi connectivity index (χ0) is 12.0. The summed E-state index contributed by atoms with van der Waals surface area (Å²) >= 11 is 1.63. The third kappa shape index (κ3) is 3.07. The van der Waals surface area contributed by atoms with E-state index < -0.39 is 5.92 Å². The minimum absolute atomic E-state index is 0.0369. The molecule has 0 saturated heterocycles. The molecule has 1 amide bonds. The predicted octanol–water partition coefficient (Wildman–Crippen LogP) is 2.87. The van der Waals surface area contributed by atoms with E-state index in [0.717, 1.165) is 11.3 Å². The van der Waals surface area contributed by atoms with E-state index in [2.05, 4.69) is 5.32 Å². The maximum atomic E-state index is 11.7. The van der Waals surface area contributed by atoms with Crippen LogP contribution < -0.4 is 5.32 Å². The fraction of sp³-hybridized carbons (Fsp3) is 0.500. The fourth-order valence-electron chi connectivity index (χ4n) is 1.47. The zero-order valence-corrected chi connectivity index (χ0v) is 10.4. The predicted molar refractivity (Wildman–Crippen MR) is 64.9 cm³/mol. The normalized spacial score (nSPS) is 13.8. The molecule has 0 aliphatic rings. The average molecular weight is 236 g/mol. The van der Waals surface area contributed by atoms with Gasteiger partial charge in [0.25, 0.3) is 0 Å². The number of nitrogens with one attached hydrogen (secondary N) is 1. The molecule has 0 bridgehead atoms. The van der Waals surface area contributed by atoms with Crippen molar-refractivity contribution in [2.75, 3.05) is 0 Å². The van der Waals surface area contributed by atoms with Gasteiger partial charge in [0.1, 0.15) is 5.92 Å². The SMILES string of the molecule is CCC(C#N)C(=O)NC(CC)c1cccs1. The van der Waals surface area contributed by atoms with E-state index in [4.69, 9.17) is 5.26 Å². The average Bonchev–Trinajstić information content (AvgIpc) is 2.81. The number of nitrogens with zero attached hydrogens (tertiary/aromatic N) is 1. The molecular weight excluding hydrogens is 220 g/mol. The smallest absolute Gasteiger partial charge is 0.237 e. The highest BCUT2D eigenvalue weighted by Gasteiger charge is 2.19. The Kier molecular flexibility index (Phi) is 5.00. The first-order valence-corrected chi connectivity index (χ1v) is 6.34. The second kappa shape index (κ2) is 6.29. The van der Waals surface area contributed by atoms with Gasteiger partial charge in [-0.1, -0.05) is 19.9 Å². The Labute approximate surface area is 100 Å².